The lowest BCUT2D eigenvalue weighted by Gasteiger charge is -2.06. The zero-order valence-corrected chi connectivity index (χ0v) is 7.55. The van der Waals surface area contributed by atoms with Gasteiger partial charge in [-0.1, -0.05) is 18.2 Å². The molecule has 2 N–H and O–H groups in total. The van der Waals surface area contributed by atoms with Crippen molar-refractivity contribution in [3.63, 3.8) is 0 Å². The summed E-state index contributed by atoms with van der Waals surface area (Å²) >= 11 is 0. The van der Waals surface area contributed by atoms with Crippen molar-refractivity contribution >= 4 is 5.69 Å². The molecule has 2 rings (SSSR count). The van der Waals surface area contributed by atoms with E-state index in [2.05, 4.69) is 4.98 Å². The normalized spacial score (nSPS) is 9.71. The number of anilines is 1. The van der Waals surface area contributed by atoms with Crippen LogP contribution in [0.5, 0.6) is 11.5 Å². The molecule has 14 heavy (non-hydrogen) atoms. The van der Waals surface area contributed by atoms with Gasteiger partial charge in [0.15, 0.2) is 5.75 Å². The minimum absolute atomic E-state index is 0.538. The van der Waals surface area contributed by atoms with E-state index in [9.17, 15) is 0 Å². The quantitative estimate of drug-likeness (QED) is 0.783. The van der Waals surface area contributed by atoms with E-state index in [-0.39, 0.29) is 0 Å². The largest absolute Gasteiger partial charge is 0.455 e. The summed E-state index contributed by atoms with van der Waals surface area (Å²) in [7, 11) is 0. The predicted molar refractivity (Wildman–Crippen MR) is 55.2 cm³/mol. The Morgan fingerprint density at radius 2 is 1.86 bits per heavy atom. The maximum Gasteiger partial charge on any atom is 0.153 e. The lowest BCUT2D eigenvalue weighted by Crippen LogP contribution is -1.92. The highest BCUT2D eigenvalue weighted by atomic mass is 16.5. The van der Waals surface area contributed by atoms with Crippen LogP contribution >= 0.6 is 0 Å². The van der Waals surface area contributed by atoms with Crippen LogP contribution < -0.4 is 10.5 Å². The van der Waals surface area contributed by atoms with E-state index in [1.54, 1.807) is 18.5 Å². The molecule has 2 aromatic rings. The van der Waals surface area contributed by atoms with E-state index in [4.69, 9.17) is 10.5 Å². The van der Waals surface area contributed by atoms with Gasteiger partial charge in [0.1, 0.15) is 5.75 Å². The van der Waals surface area contributed by atoms with Gasteiger partial charge in [-0.2, -0.15) is 0 Å². The fraction of sp³-hybridized carbons (Fsp3) is 0. The van der Waals surface area contributed by atoms with Crippen LogP contribution in [0, 0.1) is 0 Å². The molecule has 70 valence electrons. The SMILES string of the molecule is Nc1cnccc1Oc1ccccc1. The highest BCUT2D eigenvalue weighted by Crippen LogP contribution is 2.25. The predicted octanol–water partition coefficient (Wildman–Crippen LogP) is 2.46. The van der Waals surface area contributed by atoms with Crippen LogP contribution in [0.1, 0.15) is 0 Å². The molecular formula is C11H10N2O. The van der Waals surface area contributed by atoms with Crippen LogP contribution in [-0.2, 0) is 0 Å². The van der Waals surface area contributed by atoms with Gasteiger partial charge >= 0.3 is 0 Å². The molecule has 0 spiro atoms. The van der Waals surface area contributed by atoms with E-state index >= 15 is 0 Å². The smallest absolute Gasteiger partial charge is 0.153 e. The summed E-state index contributed by atoms with van der Waals surface area (Å²) in [6.45, 7) is 0. The van der Waals surface area contributed by atoms with Gasteiger partial charge in [-0.3, -0.25) is 4.98 Å². The van der Waals surface area contributed by atoms with Crippen LogP contribution in [0.3, 0.4) is 0 Å². The molecular weight excluding hydrogens is 176 g/mol. The molecule has 0 fully saturated rings. The summed E-state index contributed by atoms with van der Waals surface area (Å²) in [5.41, 5.74) is 6.22. The van der Waals surface area contributed by atoms with Crippen molar-refractivity contribution in [2.24, 2.45) is 0 Å². The van der Waals surface area contributed by atoms with Gasteiger partial charge in [-0.25, -0.2) is 0 Å². The van der Waals surface area contributed by atoms with E-state index < -0.39 is 0 Å². The van der Waals surface area contributed by atoms with Gasteiger partial charge in [-0.05, 0) is 12.1 Å². The molecule has 0 atom stereocenters. The van der Waals surface area contributed by atoms with Gasteiger partial charge in [-0.15, -0.1) is 0 Å². The molecule has 1 aromatic heterocycles. The fourth-order valence-electron chi connectivity index (χ4n) is 1.10. The third-order valence-electron chi connectivity index (χ3n) is 1.78. The topological polar surface area (TPSA) is 48.1 Å². The summed E-state index contributed by atoms with van der Waals surface area (Å²) in [4.78, 5) is 3.88. The average Bonchev–Trinajstić information content (AvgIpc) is 2.23. The summed E-state index contributed by atoms with van der Waals surface area (Å²) in [5, 5.41) is 0. The zero-order chi connectivity index (χ0) is 9.80. The number of pyridine rings is 1. The molecule has 0 amide bonds. The Bertz CT molecular complexity index is 415. The minimum Gasteiger partial charge on any atom is -0.455 e. The third-order valence-corrected chi connectivity index (χ3v) is 1.78. The van der Waals surface area contributed by atoms with E-state index in [1.807, 2.05) is 30.3 Å². The molecule has 1 heterocycles. The molecule has 0 aliphatic rings. The number of benzene rings is 1. The lowest BCUT2D eigenvalue weighted by atomic mass is 10.3. The summed E-state index contributed by atoms with van der Waals surface area (Å²) in [5.74, 6) is 1.40. The first-order valence-electron chi connectivity index (χ1n) is 4.28. The van der Waals surface area contributed by atoms with Gasteiger partial charge in [0.25, 0.3) is 0 Å². The number of para-hydroxylation sites is 1. The second-order valence-electron chi connectivity index (χ2n) is 2.83. The van der Waals surface area contributed by atoms with Gasteiger partial charge in [0.05, 0.1) is 11.9 Å². The average molecular weight is 186 g/mol. The van der Waals surface area contributed by atoms with Gasteiger partial charge in [0.2, 0.25) is 0 Å². The number of aromatic nitrogens is 1. The number of nitrogens with zero attached hydrogens (tertiary/aromatic N) is 1. The molecule has 0 aliphatic heterocycles. The van der Waals surface area contributed by atoms with Crippen LogP contribution in [0.2, 0.25) is 0 Å². The maximum absolute atomic E-state index is 5.68. The van der Waals surface area contributed by atoms with Crippen molar-refractivity contribution in [2.45, 2.75) is 0 Å². The molecule has 0 unspecified atom stereocenters. The van der Waals surface area contributed by atoms with Crippen molar-refractivity contribution in [3.8, 4) is 11.5 Å². The minimum atomic E-state index is 0.538. The number of hydrogen-bond acceptors (Lipinski definition) is 3. The fourth-order valence-corrected chi connectivity index (χ4v) is 1.10. The Hall–Kier alpha value is -2.03. The number of nitrogens with two attached hydrogens (primary N) is 1. The standard InChI is InChI=1S/C11H10N2O/c12-10-8-13-7-6-11(10)14-9-4-2-1-3-5-9/h1-8H,12H2. The van der Waals surface area contributed by atoms with Crippen LogP contribution in [0.25, 0.3) is 0 Å². The Morgan fingerprint density at radius 1 is 1.07 bits per heavy atom. The van der Waals surface area contributed by atoms with E-state index in [0.717, 1.165) is 5.75 Å². The number of hydrogen-bond donors (Lipinski definition) is 1. The highest BCUT2D eigenvalue weighted by molar-refractivity contribution is 5.51. The Kier molecular flexibility index (Phi) is 2.32. The van der Waals surface area contributed by atoms with Gasteiger partial charge in [0, 0.05) is 12.3 Å². The molecule has 0 saturated heterocycles. The second kappa shape index (κ2) is 3.79. The molecule has 0 bridgehead atoms. The first kappa shape index (κ1) is 8.56. The molecule has 3 nitrogen and oxygen atoms in total. The molecule has 3 heteroatoms. The van der Waals surface area contributed by atoms with Crippen molar-refractivity contribution in [1.29, 1.82) is 0 Å². The van der Waals surface area contributed by atoms with E-state index in [1.165, 1.54) is 0 Å². The molecule has 0 saturated carbocycles. The first-order valence-corrected chi connectivity index (χ1v) is 4.28. The van der Waals surface area contributed by atoms with Crippen LogP contribution in [0.15, 0.2) is 48.8 Å². The Labute approximate surface area is 82.2 Å². The zero-order valence-electron chi connectivity index (χ0n) is 7.55. The summed E-state index contributed by atoms with van der Waals surface area (Å²) in [6, 6.07) is 11.2. The Balaban J connectivity index is 2.24. The summed E-state index contributed by atoms with van der Waals surface area (Å²) in [6.07, 6.45) is 3.22. The highest BCUT2D eigenvalue weighted by Gasteiger charge is 1.99. The van der Waals surface area contributed by atoms with Gasteiger partial charge < -0.3 is 10.5 Å². The molecule has 0 aliphatic carbocycles. The van der Waals surface area contributed by atoms with Crippen molar-refractivity contribution in [3.05, 3.63) is 48.8 Å². The molecule has 1 aromatic carbocycles. The van der Waals surface area contributed by atoms with Crippen molar-refractivity contribution in [2.75, 3.05) is 5.73 Å². The van der Waals surface area contributed by atoms with E-state index in [0.29, 0.717) is 11.4 Å². The lowest BCUT2D eigenvalue weighted by molar-refractivity contribution is 0.484. The first-order chi connectivity index (χ1) is 6.86. The van der Waals surface area contributed by atoms with Crippen LogP contribution in [-0.4, -0.2) is 4.98 Å². The second-order valence-corrected chi connectivity index (χ2v) is 2.83. The van der Waals surface area contributed by atoms with Crippen LogP contribution in [0.4, 0.5) is 5.69 Å². The number of rotatable bonds is 2. The number of ether oxygens (including phenoxy) is 1. The number of nitrogen functional groups attached to an aromatic ring is 1. The Morgan fingerprint density at radius 3 is 2.57 bits per heavy atom. The summed E-state index contributed by atoms with van der Waals surface area (Å²) < 4.78 is 5.54. The van der Waals surface area contributed by atoms with Crippen molar-refractivity contribution < 1.29 is 4.74 Å². The molecule has 0 radical (unpaired) electrons. The monoisotopic (exact) mass is 186 g/mol. The third kappa shape index (κ3) is 1.82. The van der Waals surface area contributed by atoms with Crippen molar-refractivity contribution in [1.82, 2.24) is 4.98 Å². The maximum atomic E-state index is 5.68.